The average molecular weight is 484 g/mol. The number of carbonyl (C=O) groups excluding carboxylic acids is 3. The second-order valence-electron chi connectivity index (χ2n) is 8.25. The number of benzene rings is 1. The van der Waals surface area contributed by atoms with Gasteiger partial charge in [0.2, 0.25) is 10.0 Å². The van der Waals surface area contributed by atoms with Crippen molar-refractivity contribution in [3.05, 3.63) is 29.8 Å². The molecule has 0 saturated carbocycles. The quantitative estimate of drug-likeness (QED) is 0.392. The largest absolute Gasteiger partial charge is 0.454 e. The topological polar surface area (TPSA) is 122 Å². The van der Waals surface area contributed by atoms with Crippen LogP contribution in [0, 0.1) is 5.92 Å². The molecular weight excluding hydrogens is 446 g/mol. The lowest BCUT2D eigenvalue weighted by atomic mass is 10.0. The molecule has 0 aliphatic rings. The molecule has 10 heteroatoms. The molecule has 0 radical (unpaired) electrons. The van der Waals surface area contributed by atoms with Crippen molar-refractivity contribution in [1.29, 1.82) is 0 Å². The molecule has 33 heavy (non-hydrogen) atoms. The van der Waals surface area contributed by atoms with Crippen LogP contribution in [0.5, 0.6) is 0 Å². The van der Waals surface area contributed by atoms with E-state index in [4.69, 9.17) is 4.74 Å². The van der Waals surface area contributed by atoms with Gasteiger partial charge in [-0.3, -0.25) is 14.4 Å². The number of nitrogens with zero attached hydrogens (tertiary/aromatic N) is 1. The smallest absolute Gasteiger partial charge is 0.325 e. The summed E-state index contributed by atoms with van der Waals surface area (Å²) in [5.74, 6) is -1.08. The zero-order valence-electron chi connectivity index (χ0n) is 20.2. The van der Waals surface area contributed by atoms with Gasteiger partial charge in [-0.15, -0.1) is 0 Å². The average Bonchev–Trinajstić information content (AvgIpc) is 2.76. The highest BCUT2D eigenvalue weighted by Crippen LogP contribution is 2.16. The second kappa shape index (κ2) is 13.9. The van der Waals surface area contributed by atoms with Gasteiger partial charge in [0, 0.05) is 24.7 Å². The minimum Gasteiger partial charge on any atom is -0.454 e. The second-order valence-corrected chi connectivity index (χ2v) is 10.2. The van der Waals surface area contributed by atoms with E-state index in [2.05, 4.69) is 24.5 Å². The fourth-order valence-corrected chi connectivity index (χ4v) is 4.62. The van der Waals surface area contributed by atoms with Crippen LogP contribution < -0.4 is 10.6 Å². The molecule has 1 aromatic carbocycles. The van der Waals surface area contributed by atoms with Gasteiger partial charge in [0.25, 0.3) is 11.8 Å². The maximum Gasteiger partial charge on any atom is 0.325 e. The first kappa shape index (κ1) is 28.6. The highest BCUT2D eigenvalue weighted by Gasteiger charge is 2.21. The Kier molecular flexibility index (Phi) is 12.1. The van der Waals surface area contributed by atoms with E-state index in [-0.39, 0.29) is 16.5 Å². The maximum atomic E-state index is 12.5. The van der Waals surface area contributed by atoms with Crippen LogP contribution in [-0.2, 0) is 24.3 Å². The van der Waals surface area contributed by atoms with Crippen molar-refractivity contribution in [3.63, 3.8) is 0 Å². The first-order chi connectivity index (χ1) is 15.5. The number of carbonyl (C=O) groups is 3. The fraction of sp³-hybridized carbons (Fsp3) is 0.609. The zero-order valence-corrected chi connectivity index (χ0v) is 21.0. The Labute approximate surface area is 197 Å². The first-order valence-corrected chi connectivity index (χ1v) is 12.8. The van der Waals surface area contributed by atoms with Crippen molar-refractivity contribution in [2.24, 2.45) is 5.92 Å². The van der Waals surface area contributed by atoms with Crippen molar-refractivity contribution in [1.82, 2.24) is 14.9 Å². The fourth-order valence-electron chi connectivity index (χ4n) is 3.16. The summed E-state index contributed by atoms with van der Waals surface area (Å²) in [6.07, 6.45) is 2.94. The molecule has 0 bridgehead atoms. The molecule has 0 heterocycles. The summed E-state index contributed by atoms with van der Waals surface area (Å²) in [6, 6.07) is 5.46. The van der Waals surface area contributed by atoms with Gasteiger partial charge in [-0.2, -0.15) is 4.31 Å². The van der Waals surface area contributed by atoms with E-state index in [1.54, 1.807) is 13.8 Å². The Bertz CT molecular complexity index is 880. The third kappa shape index (κ3) is 9.91. The van der Waals surface area contributed by atoms with Gasteiger partial charge in [-0.1, -0.05) is 40.5 Å². The molecule has 0 aromatic heterocycles. The van der Waals surface area contributed by atoms with E-state index < -0.39 is 41.0 Å². The first-order valence-electron chi connectivity index (χ1n) is 11.3. The van der Waals surface area contributed by atoms with Gasteiger partial charge in [0.05, 0.1) is 4.90 Å². The predicted molar refractivity (Wildman–Crippen MR) is 126 cm³/mol. The molecule has 0 fully saturated rings. The van der Waals surface area contributed by atoms with Crippen LogP contribution in [0.2, 0.25) is 0 Å². The lowest BCUT2D eigenvalue weighted by Gasteiger charge is -2.18. The van der Waals surface area contributed by atoms with Crippen LogP contribution in [-0.4, -0.2) is 62.8 Å². The molecule has 9 nitrogen and oxygen atoms in total. The molecule has 1 aromatic rings. The number of amides is 2. The third-order valence-corrected chi connectivity index (χ3v) is 7.11. The van der Waals surface area contributed by atoms with E-state index in [1.807, 2.05) is 6.92 Å². The zero-order chi connectivity index (χ0) is 25.0. The maximum absolute atomic E-state index is 12.5. The number of ether oxygens (including phenoxy) is 1. The summed E-state index contributed by atoms with van der Waals surface area (Å²) in [7, 11) is -3.61. The summed E-state index contributed by atoms with van der Waals surface area (Å²) < 4.78 is 31.2. The molecule has 1 atom stereocenters. The SMILES string of the molecule is CCN(CC)S(=O)(=O)c1ccc(C(=O)NCC(=O)OCC(=O)NC(C)CCCC(C)C)cc1. The van der Waals surface area contributed by atoms with Crippen molar-refractivity contribution >= 4 is 27.8 Å². The van der Waals surface area contributed by atoms with Gasteiger partial charge in [0.1, 0.15) is 6.54 Å². The molecule has 2 N–H and O–H groups in total. The van der Waals surface area contributed by atoms with Gasteiger partial charge < -0.3 is 15.4 Å². The Hall–Kier alpha value is -2.46. The van der Waals surface area contributed by atoms with Crippen molar-refractivity contribution in [2.75, 3.05) is 26.2 Å². The molecule has 0 saturated heterocycles. The Morgan fingerprint density at radius 2 is 1.61 bits per heavy atom. The summed E-state index contributed by atoms with van der Waals surface area (Å²) in [5, 5.41) is 5.18. The number of esters is 1. The molecule has 1 rings (SSSR count). The summed E-state index contributed by atoms with van der Waals surface area (Å²) in [5.41, 5.74) is 0.203. The Morgan fingerprint density at radius 3 is 2.15 bits per heavy atom. The molecule has 1 unspecified atom stereocenters. The number of nitrogens with one attached hydrogen (secondary N) is 2. The van der Waals surface area contributed by atoms with E-state index in [9.17, 15) is 22.8 Å². The van der Waals surface area contributed by atoms with Gasteiger partial charge in [-0.25, -0.2) is 8.42 Å². The van der Waals surface area contributed by atoms with Crippen LogP contribution in [0.25, 0.3) is 0 Å². The highest BCUT2D eigenvalue weighted by atomic mass is 32.2. The summed E-state index contributed by atoms with van der Waals surface area (Å²) >= 11 is 0. The van der Waals surface area contributed by atoms with Crippen LogP contribution in [0.15, 0.2) is 29.2 Å². The lowest BCUT2D eigenvalue weighted by Crippen LogP contribution is -2.37. The van der Waals surface area contributed by atoms with Crippen molar-refractivity contribution in [3.8, 4) is 0 Å². The van der Waals surface area contributed by atoms with Gasteiger partial charge in [-0.05, 0) is 43.5 Å². The number of hydrogen-bond donors (Lipinski definition) is 2. The van der Waals surface area contributed by atoms with Crippen molar-refractivity contribution < 1.29 is 27.5 Å². The van der Waals surface area contributed by atoms with Gasteiger partial charge >= 0.3 is 5.97 Å². The number of sulfonamides is 1. The van der Waals surface area contributed by atoms with E-state index in [0.29, 0.717) is 19.0 Å². The summed E-state index contributed by atoms with van der Waals surface area (Å²) in [6.45, 7) is 9.56. The monoisotopic (exact) mass is 483 g/mol. The highest BCUT2D eigenvalue weighted by molar-refractivity contribution is 7.89. The third-order valence-electron chi connectivity index (χ3n) is 5.04. The normalized spacial score (nSPS) is 12.5. The lowest BCUT2D eigenvalue weighted by molar-refractivity contribution is -0.147. The molecule has 2 amide bonds. The minimum absolute atomic E-state index is 0.0110. The molecule has 0 aliphatic heterocycles. The molecular formula is C23H37N3O6S. The van der Waals surface area contributed by atoms with Crippen LogP contribution in [0.3, 0.4) is 0 Å². The number of rotatable bonds is 14. The van der Waals surface area contributed by atoms with E-state index in [0.717, 1.165) is 19.3 Å². The molecule has 0 aliphatic carbocycles. The van der Waals surface area contributed by atoms with Crippen LogP contribution in [0.1, 0.15) is 64.2 Å². The predicted octanol–water partition coefficient (Wildman–Crippen LogP) is 2.32. The van der Waals surface area contributed by atoms with E-state index in [1.165, 1.54) is 28.6 Å². The standard InChI is InChI=1S/C23H37N3O6S/c1-6-26(7-2)33(30,31)20-13-11-19(12-14-20)23(29)24-15-22(28)32-16-21(27)25-18(5)10-8-9-17(3)4/h11-14,17-18H,6-10,15-16H2,1-5H3,(H,24,29)(H,25,27). The van der Waals surface area contributed by atoms with Crippen LogP contribution >= 0.6 is 0 Å². The Balaban J connectivity index is 2.45. The van der Waals surface area contributed by atoms with Crippen LogP contribution in [0.4, 0.5) is 0 Å². The summed E-state index contributed by atoms with van der Waals surface area (Å²) in [4.78, 5) is 36.1. The van der Waals surface area contributed by atoms with E-state index >= 15 is 0 Å². The molecule has 0 spiro atoms. The molecule has 186 valence electrons. The van der Waals surface area contributed by atoms with Gasteiger partial charge in [0.15, 0.2) is 6.61 Å². The number of hydrogen-bond acceptors (Lipinski definition) is 6. The Morgan fingerprint density at radius 1 is 1.00 bits per heavy atom. The minimum atomic E-state index is -3.61. The van der Waals surface area contributed by atoms with Crippen molar-refractivity contribution in [2.45, 2.75) is 64.8 Å².